The maximum atomic E-state index is 11.4. The Labute approximate surface area is 172 Å². The predicted molar refractivity (Wildman–Crippen MR) is 113 cm³/mol. The molecule has 5 nitrogen and oxygen atoms in total. The molecule has 0 bridgehead atoms. The topological polar surface area (TPSA) is 59.0 Å². The van der Waals surface area contributed by atoms with Crippen molar-refractivity contribution in [3.8, 4) is 0 Å². The molecule has 2 atom stereocenters. The number of rotatable bonds is 6. The number of benzene rings is 2. The largest absolute Gasteiger partial charge is 0.466 e. The van der Waals surface area contributed by atoms with E-state index in [1.807, 2.05) is 49.4 Å². The van der Waals surface area contributed by atoms with Crippen molar-refractivity contribution in [2.24, 2.45) is 0 Å². The molecule has 1 N–H and O–H groups in total. The highest BCUT2D eigenvalue weighted by molar-refractivity contribution is 5.90. The van der Waals surface area contributed by atoms with Gasteiger partial charge in [-0.25, -0.2) is 4.79 Å². The number of esters is 1. The number of β-amino-alcohol motifs (C(OH)–C–C–N with tert-alkyl or cyclic N) is 1. The lowest BCUT2D eigenvalue weighted by molar-refractivity contribution is -0.251. The standard InChI is InChI=1S/C24H29NO4/c1-18(15-23(26)28-3)21-11-9-20(10-12-21)16-19(2)25-13-14-29-24(27,17-25)22-7-5-4-6-8-22/h4-12,15,19,27H,13-14,16-17H2,1-3H3. The van der Waals surface area contributed by atoms with Crippen LogP contribution in [0.5, 0.6) is 0 Å². The van der Waals surface area contributed by atoms with Crippen molar-refractivity contribution in [2.45, 2.75) is 32.1 Å². The zero-order valence-corrected chi connectivity index (χ0v) is 17.3. The molecule has 1 aliphatic heterocycles. The Morgan fingerprint density at radius 1 is 1.24 bits per heavy atom. The highest BCUT2D eigenvalue weighted by Gasteiger charge is 2.37. The molecule has 1 fully saturated rings. The molecule has 0 amide bonds. The van der Waals surface area contributed by atoms with Gasteiger partial charge in [0.2, 0.25) is 5.79 Å². The zero-order chi connectivity index (χ0) is 20.9. The summed E-state index contributed by atoms with van der Waals surface area (Å²) in [7, 11) is 1.38. The predicted octanol–water partition coefficient (Wildman–Crippen LogP) is 3.37. The van der Waals surface area contributed by atoms with Gasteiger partial charge in [0, 0.05) is 24.2 Å². The molecule has 5 heteroatoms. The van der Waals surface area contributed by atoms with Crippen molar-refractivity contribution < 1.29 is 19.4 Å². The van der Waals surface area contributed by atoms with E-state index in [0.29, 0.717) is 13.2 Å². The Hall–Kier alpha value is -2.47. The molecule has 0 aromatic heterocycles. The number of ether oxygens (including phenoxy) is 2. The highest BCUT2D eigenvalue weighted by Crippen LogP contribution is 2.28. The van der Waals surface area contributed by atoms with Gasteiger partial charge in [0.1, 0.15) is 0 Å². The van der Waals surface area contributed by atoms with Gasteiger partial charge in [-0.2, -0.15) is 0 Å². The van der Waals surface area contributed by atoms with E-state index in [2.05, 4.69) is 28.7 Å². The number of carbonyl (C=O) groups excluding carboxylic acids is 1. The summed E-state index contributed by atoms with van der Waals surface area (Å²) in [5, 5.41) is 11.0. The molecular formula is C24H29NO4. The summed E-state index contributed by atoms with van der Waals surface area (Å²) in [5.74, 6) is -1.62. The van der Waals surface area contributed by atoms with Gasteiger partial charge < -0.3 is 14.6 Å². The quantitative estimate of drug-likeness (QED) is 0.600. The van der Waals surface area contributed by atoms with Gasteiger partial charge in [-0.3, -0.25) is 4.90 Å². The van der Waals surface area contributed by atoms with Crippen molar-refractivity contribution in [2.75, 3.05) is 26.8 Å². The lowest BCUT2D eigenvalue weighted by Gasteiger charge is -2.42. The molecule has 2 aromatic rings. The number of morpholine rings is 1. The lowest BCUT2D eigenvalue weighted by atomic mass is 9.99. The van der Waals surface area contributed by atoms with Crippen LogP contribution >= 0.6 is 0 Å². The molecule has 29 heavy (non-hydrogen) atoms. The SMILES string of the molecule is COC(=O)C=C(C)c1ccc(CC(C)N2CCOC(O)(c3ccccc3)C2)cc1. The van der Waals surface area contributed by atoms with Crippen LogP contribution in [0.1, 0.15) is 30.5 Å². The Balaban J connectivity index is 1.65. The van der Waals surface area contributed by atoms with E-state index in [0.717, 1.165) is 29.7 Å². The average Bonchev–Trinajstić information content (AvgIpc) is 2.74. The van der Waals surface area contributed by atoms with E-state index in [4.69, 9.17) is 4.74 Å². The first-order valence-electron chi connectivity index (χ1n) is 9.93. The van der Waals surface area contributed by atoms with Crippen LogP contribution in [0.15, 0.2) is 60.7 Å². The minimum Gasteiger partial charge on any atom is -0.466 e. The fourth-order valence-electron chi connectivity index (χ4n) is 3.67. The van der Waals surface area contributed by atoms with Crippen molar-refractivity contribution in [3.05, 3.63) is 77.4 Å². The Kier molecular flexibility index (Phi) is 6.85. The number of carbonyl (C=O) groups is 1. The van der Waals surface area contributed by atoms with Gasteiger partial charge in [-0.1, -0.05) is 54.6 Å². The van der Waals surface area contributed by atoms with Gasteiger partial charge in [0.25, 0.3) is 0 Å². The number of aliphatic hydroxyl groups is 1. The van der Waals surface area contributed by atoms with Crippen molar-refractivity contribution in [1.82, 2.24) is 4.90 Å². The van der Waals surface area contributed by atoms with Gasteiger partial charge in [-0.15, -0.1) is 0 Å². The second kappa shape index (κ2) is 9.35. The smallest absolute Gasteiger partial charge is 0.330 e. The number of methoxy groups -OCH3 is 1. The first-order chi connectivity index (χ1) is 13.9. The maximum Gasteiger partial charge on any atom is 0.330 e. The average molecular weight is 395 g/mol. The van der Waals surface area contributed by atoms with Crippen LogP contribution in [-0.2, 0) is 26.5 Å². The molecule has 1 heterocycles. The van der Waals surface area contributed by atoms with Crippen LogP contribution in [0.3, 0.4) is 0 Å². The van der Waals surface area contributed by atoms with Crippen LogP contribution in [0.25, 0.3) is 5.57 Å². The summed E-state index contributed by atoms with van der Waals surface area (Å²) in [6.07, 6.45) is 2.36. The van der Waals surface area contributed by atoms with Gasteiger partial charge >= 0.3 is 5.97 Å². The van der Waals surface area contributed by atoms with E-state index >= 15 is 0 Å². The normalized spacial score (nSPS) is 21.6. The minimum atomic E-state index is -1.27. The third-order valence-electron chi connectivity index (χ3n) is 5.46. The molecule has 1 saturated heterocycles. The number of hydrogen-bond donors (Lipinski definition) is 1. The molecule has 0 saturated carbocycles. The summed E-state index contributed by atoms with van der Waals surface area (Å²) < 4.78 is 10.4. The Morgan fingerprint density at radius 3 is 2.59 bits per heavy atom. The fourth-order valence-corrected chi connectivity index (χ4v) is 3.67. The van der Waals surface area contributed by atoms with Crippen LogP contribution in [0.2, 0.25) is 0 Å². The van der Waals surface area contributed by atoms with Crippen LogP contribution < -0.4 is 0 Å². The molecule has 154 valence electrons. The lowest BCUT2D eigenvalue weighted by Crippen LogP contribution is -2.53. The van der Waals surface area contributed by atoms with E-state index in [9.17, 15) is 9.90 Å². The molecule has 2 unspecified atom stereocenters. The molecule has 0 aliphatic carbocycles. The van der Waals surface area contributed by atoms with Crippen molar-refractivity contribution >= 4 is 11.5 Å². The van der Waals surface area contributed by atoms with Crippen LogP contribution in [0, 0.1) is 0 Å². The van der Waals surface area contributed by atoms with Gasteiger partial charge in [0.15, 0.2) is 0 Å². The summed E-state index contributed by atoms with van der Waals surface area (Å²) in [6.45, 7) is 5.79. The monoisotopic (exact) mass is 395 g/mol. The molecule has 1 aliphatic rings. The van der Waals surface area contributed by atoms with Gasteiger partial charge in [0.05, 0.1) is 20.3 Å². The summed E-state index contributed by atoms with van der Waals surface area (Å²) >= 11 is 0. The number of nitrogens with zero attached hydrogens (tertiary/aromatic N) is 1. The van der Waals surface area contributed by atoms with E-state index in [1.165, 1.54) is 18.7 Å². The van der Waals surface area contributed by atoms with E-state index in [1.54, 1.807) is 0 Å². The zero-order valence-electron chi connectivity index (χ0n) is 17.3. The summed E-state index contributed by atoms with van der Waals surface area (Å²) in [5.41, 5.74) is 3.87. The van der Waals surface area contributed by atoms with Crippen LogP contribution in [0.4, 0.5) is 0 Å². The number of allylic oxidation sites excluding steroid dienone is 1. The number of hydrogen-bond acceptors (Lipinski definition) is 5. The van der Waals surface area contributed by atoms with E-state index < -0.39 is 5.79 Å². The minimum absolute atomic E-state index is 0.256. The second-order valence-electron chi connectivity index (χ2n) is 7.57. The maximum absolute atomic E-state index is 11.4. The molecule has 0 radical (unpaired) electrons. The summed E-state index contributed by atoms with van der Waals surface area (Å²) in [6, 6.07) is 18.0. The third-order valence-corrected chi connectivity index (χ3v) is 5.46. The third kappa shape index (κ3) is 5.32. The Bertz CT molecular complexity index is 847. The second-order valence-corrected chi connectivity index (χ2v) is 7.57. The van der Waals surface area contributed by atoms with Crippen molar-refractivity contribution in [3.63, 3.8) is 0 Å². The molecule has 0 spiro atoms. The van der Waals surface area contributed by atoms with E-state index in [-0.39, 0.29) is 12.0 Å². The van der Waals surface area contributed by atoms with Crippen molar-refractivity contribution in [1.29, 1.82) is 0 Å². The summed E-state index contributed by atoms with van der Waals surface area (Å²) in [4.78, 5) is 13.7. The van der Waals surface area contributed by atoms with Gasteiger partial charge in [-0.05, 0) is 37.0 Å². The van der Waals surface area contributed by atoms with Crippen LogP contribution in [-0.4, -0.2) is 48.8 Å². The fraction of sp³-hybridized carbons (Fsp3) is 0.375. The first-order valence-corrected chi connectivity index (χ1v) is 9.93. The first kappa shape index (κ1) is 21.2. The highest BCUT2D eigenvalue weighted by atomic mass is 16.6. The molecule has 3 rings (SSSR count). The molecular weight excluding hydrogens is 366 g/mol. The molecule has 2 aromatic carbocycles. The Morgan fingerprint density at radius 2 is 1.93 bits per heavy atom.